The zero-order valence-corrected chi connectivity index (χ0v) is 17.0. The van der Waals surface area contributed by atoms with Crippen LogP contribution in [0.15, 0.2) is 24.3 Å². The van der Waals surface area contributed by atoms with Gasteiger partial charge in [-0.05, 0) is 24.0 Å². The van der Waals surface area contributed by atoms with Crippen LogP contribution in [0, 0.1) is 11.8 Å². The Morgan fingerprint density at radius 3 is 2.27 bits per heavy atom. The smallest absolute Gasteiger partial charge is 0.279 e. The van der Waals surface area contributed by atoms with Crippen molar-refractivity contribution in [3.63, 3.8) is 0 Å². The Balaban J connectivity index is 2.55. The summed E-state index contributed by atoms with van der Waals surface area (Å²) < 4.78 is 5.15. The number of likely N-dealkylation sites (N-methyl/N-ethyl adjacent to an activating group) is 1. The molecular weight excluding hydrogens is 330 g/mol. The largest absolute Gasteiger partial charge is 0.497 e. The number of anilines is 1. The summed E-state index contributed by atoms with van der Waals surface area (Å²) in [5.41, 5.74) is 0.690. The standard InChI is InChI=1S/C20H33N3O3/c1-15(2)11-23(12-16(3)4)20(25)14-22(5)13-19(24)21-17-8-7-9-18(10-17)26-6/h7-10,15-16H,11-14H2,1-6H3,(H,21,24)/p+1. The van der Waals surface area contributed by atoms with Gasteiger partial charge in [-0.1, -0.05) is 33.8 Å². The van der Waals surface area contributed by atoms with E-state index in [0.717, 1.165) is 18.0 Å². The number of carbonyl (C=O) groups excluding carboxylic acids is 2. The fourth-order valence-electron chi connectivity index (χ4n) is 2.77. The SMILES string of the molecule is COc1cccc(NC(=O)C[NH+](C)CC(=O)N(CC(C)C)CC(C)C)c1. The summed E-state index contributed by atoms with van der Waals surface area (Å²) in [5.74, 6) is 1.52. The van der Waals surface area contributed by atoms with Crippen molar-refractivity contribution in [2.75, 3.05) is 45.7 Å². The maximum absolute atomic E-state index is 12.6. The van der Waals surface area contributed by atoms with Crippen LogP contribution in [-0.4, -0.2) is 57.1 Å². The number of rotatable bonds is 10. The van der Waals surface area contributed by atoms with Gasteiger partial charge < -0.3 is 19.9 Å². The normalized spacial score (nSPS) is 12.2. The maximum Gasteiger partial charge on any atom is 0.279 e. The fraction of sp³-hybridized carbons (Fsp3) is 0.600. The minimum absolute atomic E-state index is 0.0964. The lowest BCUT2D eigenvalue weighted by Crippen LogP contribution is -3.11. The molecular formula is C20H34N3O3+. The lowest BCUT2D eigenvalue weighted by Gasteiger charge is -2.27. The fourth-order valence-corrected chi connectivity index (χ4v) is 2.77. The van der Waals surface area contributed by atoms with Crippen molar-refractivity contribution in [3.05, 3.63) is 24.3 Å². The quantitative estimate of drug-likeness (QED) is 0.658. The van der Waals surface area contributed by atoms with Crippen LogP contribution in [0.5, 0.6) is 5.75 Å². The van der Waals surface area contributed by atoms with Crippen molar-refractivity contribution in [3.8, 4) is 5.75 Å². The Morgan fingerprint density at radius 2 is 1.73 bits per heavy atom. The van der Waals surface area contributed by atoms with E-state index in [0.29, 0.717) is 29.8 Å². The van der Waals surface area contributed by atoms with E-state index in [1.54, 1.807) is 13.2 Å². The van der Waals surface area contributed by atoms with E-state index in [1.165, 1.54) is 0 Å². The number of nitrogens with zero attached hydrogens (tertiary/aromatic N) is 1. The van der Waals surface area contributed by atoms with Gasteiger partial charge in [-0.2, -0.15) is 0 Å². The van der Waals surface area contributed by atoms with Crippen LogP contribution in [0.3, 0.4) is 0 Å². The Kier molecular flexibility index (Phi) is 9.13. The first-order chi connectivity index (χ1) is 12.2. The minimum atomic E-state index is -0.122. The zero-order chi connectivity index (χ0) is 19.7. The second-order valence-corrected chi connectivity index (χ2v) is 7.68. The number of amides is 2. The van der Waals surface area contributed by atoms with Gasteiger partial charge in [-0.3, -0.25) is 9.59 Å². The number of carbonyl (C=O) groups is 2. The molecule has 2 amide bonds. The molecule has 0 bridgehead atoms. The molecule has 1 unspecified atom stereocenters. The van der Waals surface area contributed by atoms with Gasteiger partial charge in [-0.25, -0.2) is 0 Å². The molecule has 0 aromatic heterocycles. The maximum atomic E-state index is 12.6. The lowest BCUT2D eigenvalue weighted by molar-refractivity contribution is -0.862. The van der Waals surface area contributed by atoms with Crippen molar-refractivity contribution >= 4 is 17.5 Å². The third-order valence-electron chi connectivity index (χ3n) is 3.79. The summed E-state index contributed by atoms with van der Waals surface area (Å²) in [6, 6.07) is 7.23. The zero-order valence-electron chi connectivity index (χ0n) is 17.0. The molecule has 1 rings (SSSR count). The van der Waals surface area contributed by atoms with Gasteiger partial charge in [0.15, 0.2) is 13.1 Å². The first-order valence-corrected chi connectivity index (χ1v) is 9.24. The molecule has 0 radical (unpaired) electrons. The molecule has 26 heavy (non-hydrogen) atoms. The third kappa shape index (κ3) is 8.34. The monoisotopic (exact) mass is 364 g/mol. The van der Waals surface area contributed by atoms with Crippen molar-refractivity contribution in [2.45, 2.75) is 27.7 Å². The summed E-state index contributed by atoms with van der Waals surface area (Å²) in [5, 5.41) is 2.85. The molecule has 1 aromatic rings. The van der Waals surface area contributed by atoms with Crippen LogP contribution in [0.25, 0.3) is 0 Å². The van der Waals surface area contributed by atoms with E-state index in [9.17, 15) is 9.59 Å². The number of benzene rings is 1. The van der Waals surface area contributed by atoms with Gasteiger partial charge in [0.05, 0.1) is 14.2 Å². The molecule has 1 aromatic carbocycles. The Morgan fingerprint density at radius 1 is 1.12 bits per heavy atom. The Labute approximate surface area is 157 Å². The Hall–Kier alpha value is -2.08. The van der Waals surface area contributed by atoms with E-state index >= 15 is 0 Å². The topological polar surface area (TPSA) is 63.1 Å². The summed E-state index contributed by atoms with van der Waals surface area (Å²) >= 11 is 0. The molecule has 0 aliphatic carbocycles. The molecule has 146 valence electrons. The number of quaternary nitrogens is 1. The van der Waals surface area contributed by atoms with Gasteiger partial charge in [0.25, 0.3) is 11.8 Å². The predicted octanol–water partition coefficient (Wildman–Crippen LogP) is 1.29. The number of ether oxygens (including phenoxy) is 1. The minimum Gasteiger partial charge on any atom is -0.497 e. The third-order valence-corrected chi connectivity index (χ3v) is 3.79. The summed E-state index contributed by atoms with van der Waals surface area (Å²) in [4.78, 5) is 27.6. The molecule has 0 heterocycles. The van der Waals surface area contributed by atoms with Crippen LogP contribution in [0.2, 0.25) is 0 Å². The van der Waals surface area contributed by atoms with Crippen molar-refractivity contribution < 1.29 is 19.2 Å². The van der Waals surface area contributed by atoms with E-state index in [2.05, 4.69) is 33.0 Å². The molecule has 0 saturated carbocycles. The molecule has 0 saturated heterocycles. The van der Waals surface area contributed by atoms with Gasteiger partial charge >= 0.3 is 0 Å². The number of hydrogen-bond donors (Lipinski definition) is 2. The van der Waals surface area contributed by atoms with Crippen molar-refractivity contribution in [1.29, 1.82) is 0 Å². The van der Waals surface area contributed by atoms with E-state index in [1.807, 2.05) is 30.1 Å². The lowest BCUT2D eigenvalue weighted by atomic mass is 10.1. The van der Waals surface area contributed by atoms with Gasteiger partial charge in [-0.15, -0.1) is 0 Å². The van der Waals surface area contributed by atoms with Crippen LogP contribution < -0.4 is 15.0 Å². The molecule has 2 N–H and O–H groups in total. The van der Waals surface area contributed by atoms with Crippen LogP contribution in [-0.2, 0) is 9.59 Å². The average Bonchev–Trinajstić information content (AvgIpc) is 2.53. The predicted molar refractivity (Wildman–Crippen MR) is 105 cm³/mol. The first-order valence-electron chi connectivity index (χ1n) is 9.24. The van der Waals surface area contributed by atoms with E-state index < -0.39 is 0 Å². The Bertz CT molecular complexity index is 577. The summed E-state index contributed by atoms with van der Waals surface area (Å²) in [7, 11) is 3.45. The molecule has 6 nitrogen and oxygen atoms in total. The highest BCUT2D eigenvalue weighted by Crippen LogP contribution is 2.16. The molecule has 0 aliphatic heterocycles. The summed E-state index contributed by atoms with van der Waals surface area (Å²) in [6.45, 7) is 10.5. The van der Waals surface area contributed by atoms with Gasteiger partial charge in [0.2, 0.25) is 0 Å². The number of methoxy groups -OCH3 is 1. The molecule has 0 fully saturated rings. The first kappa shape index (κ1) is 22.0. The molecule has 1 atom stereocenters. The van der Waals surface area contributed by atoms with Crippen molar-refractivity contribution in [2.24, 2.45) is 11.8 Å². The molecule has 0 spiro atoms. The van der Waals surface area contributed by atoms with E-state index in [4.69, 9.17) is 4.74 Å². The van der Waals surface area contributed by atoms with Gasteiger partial charge in [0, 0.05) is 24.8 Å². The number of hydrogen-bond acceptors (Lipinski definition) is 3. The molecule has 6 heteroatoms. The van der Waals surface area contributed by atoms with Crippen LogP contribution in [0.1, 0.15) is 27.7 Å². The van der Waals surface area contributed by atoms with Crippen molar-refractivity contribution in [1.82, 2.24) is 4.90 Å². The number of nitrogens with one attached hydrogen (secondary N) is 2. The average molecular weight is 365 g/mol. The van der Waals surface area contributed by atoms with Gasteiger partial charge in [0.1, 0.15) is 5.75 Å². The van der Waals surface area contributed by atoms with Crippen LogP contribution in [0.4, 0.5) is 5.69 Å². The van der Waals surface area contributed by atoms with Crippen LogP contribution >= 0.6 is 0 Å². The second-order valence-electron chi connectivity index (χ2n) is 7.68. The molecule has 0 aliphatic rings. The van der Waals surface area contributed by atoms with E-state index in [-0.39, 0.29) is 18.4 Å². The highest BCUT2D eigenvalue weighted by Gasteiger charge is 2.21. The highest BCUT2D eigenvalue weighted by atomic mass is 16.5. The second kappa shape index (κ2) is 10.8. The highest BCUT2D eigenvalue weighted by molar-refractivity contribution is 5.91. The summed E-state index contributed by atoms with van der Waals surface area (Å²) in [6.07, 6.45) is 0.